The summed E-state index contributed by atoms with van der Waals surface area (Å²) in [6.07, 6.45) is 0. The maximum atomic E-state index is 10.6. The van der Waals surface area contributed by atoms with E-state index in [1.807, 2.05) is 18.2 Å². The number of hydrogen-bond donors (Lipinski definition) is 0. The molecule has 0 aromatic heterocycles. The Morgan fingerprint density at radius 3 is 2.30 bits per heavy atom. The maximum Gasteiger partial charge on any atom is 0.362 e. The standard InChI is InChI=1S/C14H13INO4/c1-19-12-7-8-13(14(9-12)20-2)15-10-3-5-11(6-4-10)16(17)18/h3-9H,1-2H3/q+1. The van der Waals surface area contributed by atoms with Gasteiger partial charge >= 0.3 is 21.2 Å². The molecule has 0 heterocycles. The second-order valence-corrected chi connectivity index (χ2v) is 6.78. The van der Waals surface area contributed by atoms with E-state index in [9.17, 15) is 10.1 Å². The number of nitro benzene ring substituents is 1. The number of hydrogen-bond acceptors (Lipinski definition) is 4. The molecule has 0 spiro atoms. The van der Waals surface area contributed by atoms with Crippen molar-refractivity contribution in [3.63, 3.8) is 0 Å². The molecule has 0 N–H and O–H groups in total. The fourth-order valence-electron chi connectivity index (χ4n) is 1.59. The third-order valence-electron chi connectivity index (χ3n) is 2.61. The van der Waals surface area contributed by atoms with E-state index >= 15 is 0 Å². The number of nitrogens with zero attached hydrogens (tertiary/aromatic N) is 1. The van der Waals surface area contributed by atoms with Crippen molar-refractivity contribution < 1.29 is 35.6 Å². The quantitative estimate of drug-likeness (QED) is 0.404. The van der Waals surface area contributed by atoms with Gasteiger partial charge in [0.1, 0.15) is 5.75 Å². The molecule has 0 fully saturated rings. The Bertz CT molecular complexity index is 613. The zero-order valence-electron chi connectivity index (χ0n) is 11.0. The van der Waals surface area contributed by atoms with E-state index < -0.39 is 26.1 Å². The van der Waals surface area contributed by atoms with Gasteiger partial charge in [0.15, 0.2) is 9.32 Å². The Hall–Kier alpha value is -1.83. The molecule has 5 nitrogen and oxygen atoms in total. The fraction of sp³-hybridized carbons (Fsp3) is 0.143. The molecule has 20 heavy (non-hydrogen) atoms. The molecule has 0 aliphatic carbocycles. The second kappa shape index (κ2) is 6.56. The van der Waals surface area contributed by atoms with Gasteiger partial charge < -0.3 is 9.47 Å². The largest absolute Gasteiger partial charge is 0.497 e. The molecule has 0 atom stereocenters. The van der Waals surface area contributed by atoms with Crippen LogP contribution in [0.2, 0.25) is 0 Å². The van der Waals surface area contributed by atoms with Crippen LogP contribution >= 0.6 is 0 Å². The van der Waals surface area contributed by atoms with E-state index in [1.165, 1.54) is 12.1 Å². The van der Waals surface area contributed by atoms with Crippen LogP contribution in [-0.2, 0) is 0 Å². The summed E-state index contributed by atoms with van der Waals surface area (Å²) in [5, 5.41) is 10.6. The van der Waals surface area contributed by atoms with Crippen molar-refractivity contribution in [2.75, 3.05) is 14.2 Å². The fourth-order valence-corrected chi connectivity index (χ4v) is 3.98. The van der Waals surface area contributed by atoms with Crippen molar-refractivity contribution in [2.24, 2.45) is 0 Å². The van der Waals surface area contributed by atoms with Crippen LogP contribution in [0.3, 0.4) is 0 Å². The highest BCUT2D eigenvalue weighted by Crippen LogP contribution is 2.18. The van der Waals surface area contributed by atoms with Gasteiger partial charge in [-0.15, -0.1) is 0 Å². The van der Waals surface area contributed by atoms with E-state index in [2.05, 4.69) is 0 Å². The highest BCUT2D eigenvalue weighted by atomic mass is 127. The molecule has 0 saturated heterocycles. The van der Waals surface area contributed by atoms with Crippen LogP contribution in [0.5, 0.6) is 11.5 Å². The number of nitro groups is 1. The number of benzene rings is 2. The van der Waals surface area contributed by atoms with Crippen molar-refractivity contribution >= 4 is 5.69 Å². The normalized spacial score (nSPS) is 10.1. The Kier molecular flexibility index (Phi) is 4.78. The summed E-state index contributed by atoms with van der Waals surface area (Å²) in [5.41, 5.74) is 0.111. The lowest BCUT2D eigenvalue weighted by molar-refractivity contribution is -0.598. The number of methoxy groups -OCH3 is 2. The van der Waals surface area contributed by atoms with Crippen molar-refractivity contribution in [3.8, 4) is 11.5 Å². The Morgan fingerprint density at radius 2 is 1.75 bits per heavy atom. The minimum Gasteiger partial charge on any atom is -0.497 e. The highest BCUT2D eigenvalue weighted by molar-refractivity contribution is 5.32. The molecule has 0 aliphatic heterocycles. The summed E-state index contributed by atoms with van der Waals surface area (Å²) >= 11 is -0.453. The van der Waals surface area contributed by atoms with Gasteiger partial charge in [0, 0.05) is 18.2 Å². The smallest absolute Gasteiger partial charge is 0.362 e. The third kappa shape index (κ3) is 3.38. The average Bonchev–Trinajstić information content (AvgIpc) is 2.48. The van der Waals surface area contributed by atoms with Gasteiger partial charge in [0.25, 0.3) is 5.69 Å². The van der Waals surface area contributed by atoms with Crippen molar-refractivity contribution in [1.29, 1.82) is 0 Å². The van der Waals surface area contributed by atoms with Crippen LogP contribution in [-0.4, -0.2) is 19.1 Å². The first-order valence-corrected chi connectivity index (χ1v) is 7.91. The summed E-state index contributed by atoms with van der Waals surface area (Å²) < 4.78 is 12.7. The summed E-state index contributed by atoms with van der Waals surface area (Å²) in [6.45, 7) is 0. The van der Waals surface area contributed by atoms with Crippen LogP contribution < -0.4 is 30.7 Å². The lowest BCUT2D eigenvalue weighted by Gasteiger charge is -2.03. The summed E-state index contributed by atoms with van der Waals surface area (Å²) in [5.74, 6) is 1.54. The lowest BCUT2D eigenvalue weighted by atomic mass is 10.3. The van der Waals surface area contributed by atoms with Crippen molar-refractivity contribution in [3.05, 3.63) is 59.7 Å². The van der Waals surface area contributed by atoms with Crippen molar-refractivity contribution in [1.82, 2.24) is 0 Å². The van der Waals surface area contributed by atoms with Gasteiger partial charge in [0.2, 0.25) is 3.57 Å². The third-order valence-corrected chi connectivity index (χ3v) is 5.42. The molecule has 0 saturated carbocycles. The summed E-state index contributed by atoms with van der Waals surface area (Å²) in [6, 6.07) is 12.4. The minimum absolute atomic E-state index is 0.111. The van der Waals surface area contributed by atoms with Crippen molar-refractivity contribution in [2.45, 2.75) is 0 Å². The average molecular weight is 386 g/mol. The van der Waals surface area contributed by atoms with E-state index in [1.54, 1.807) is 26.4 Å². The van der Waals surface area contributed by atoms with Crippen LogP contribution in [0.1, 0.15) is 0 Å². The van der Waals surface area contributed by atoms with Crippen LogP contribution in [0.25, 0.3) is 0 Å². The monoisotopic (exact) mass is 386 g/mol. The second-order valence-electron chi connectivity index (χ2n) is 3.83. The first-order valence-electron chi connectivity index (χ1n) is 5.75. The zero-order valence-corrected chi connectivity index (χ0v) is 13.2. The molecule has 0 unspecified atom stereocenters. The van der Waals surface area contributed by atoms with E-state index in [0.717, 1.165) is 18.6 Å². The molecule has 2 aromatic rings. The van der Waals surface area contributed by atoms with Gasteiger partial charge in [-0.05, 0) is 24.3 Å². The number of rotatable bonds is 5. The number of halogens is 1. The summed E-state index contributed by atoms with van der Waals surface area (Å²) in [7, 11) is 3.23. The number of non-ortho nitro benzene ring substituents is 1. The molecule has 6 heteroatoms. The molecular weight excluding hydrogens is 373 g/mol. The highest BCUT2D eigenvalue weighted by Gasteiger charge is 2.22. The minimum atomic E-state index is -0.453. The first-order chi connectivity index (χ1) is 9.63. The molecule has 104 valence electrons. The van der Waals surface area contributed by atoms with Gasteiger partial charge in [-0.25, -0.2) is 0 Å². The molecule has 0 radical (unpaired) electrons. The summed E-state index contributed by atoms with van der Waals surface area (Å²) in [4.78, 5) is 10.2. The van der Waals surface area contributed by atoms with Crippen LogP contribution in [0, 0.1) is 17.3 Å². The molecular formula is C14H13INO4+. The van der Waals surface area contributed by atoms with Gasteiger partial charge in [-0.1, -0.05) is 0 Å². The SMILES string of the molecule is COc1ccc([I+]c2ccc([N+](=O)[O-])cc2)c(OC)c1. The van der Waals surface area contributed by atoms with Gasteiger partial charge in [0.05, 0.1) is 19.1 Å². The number of ether oxygens (including phenoxy) is 2. The van der Waals surface area contributed by atoms with Crippen LogP contribution in [0.15, 0.2) is 42.5 Å². The maximum absolute atomic E-state index is 10.6. The Balaban J connectivity index is 2.23. The van der Waals surface area contributed by atoms with Crippen LogP contribution in [0.4, 0.5) is 5.69 Å². The Labute approximate surface area is 126 Å². The molecule has 2 aromatic carbocycles. The molecule has 0 aliphatic rings. The first kappa shape index (κ1) is 14.6. The Morgan fingerprint density at radius 1 is 1.05 bits per heavy atom. The topological polar surface area (TPSA) is 61.6 Å². The molecule has 0 amide bonds. The van der Waals surface area contributed by atoms with E-state index in [-0.39, 0.29) is 5.69 Å². The van der Waals surface area contributed by atoms with E-state index in [4.69, 9.17) is 9.47 Å². The molecule has 2 rings (SSSR count). The predicted octanol–water partition coefficient (Wildman–Crippen LogP) is -0.260. The van der Waals surface area contributed by atoms with Gasteiger partial charge in [-0.3, -0.25) is 10.1 Å². The van der Waals surface area contributed by atoms with Gasteiger partial charge in [-0.2, -0.15) is 0 Å². The predicted molar refractivity (Wildman–Crippen MR) is 70.0 cm³/mol. The van der Waals surface area contributed by atoms with E-state index in [0.29, 0.717) is 0 Å². The zero-order chi connectivity index (χ0) is 14.5. The molecule has 0 bridgehead atoms. The lowest BCUT2D eigenvalue weighted by Crippen LogP contribution is -3.61.